The van der Waals surface area contributed by atoms with Crippen LogP contribution in [-0.4, -0.2) is 22.6 Å². The van der Waals surface area contributed by atoms with Gasteiger partial charge < -0.3 is 4.42 Å². The van der Waals surface area contributed by atoms with Gasteiger partial charge in [-0.1, -0.05) is 24.9 Å². The highest BCUT2D eigenvalue weighted by Crippen LogP contribution is 2.28. The number of amides is 1. The number of rotatable bonds is 4. The zero-order chi connectivity index (χ0) is 12.3. The van der Waals surface area contributed by atoms with Crippen LogP contribution in [0, 0.1) is 12.8 Å². The molecule has 0 N–H and O–H groups in total. The van der Waals surface area contributed by atoms with Crippen LogP contribution in [0.1, 0.15) is 44.9 Å². The molecule has 2 rings (SSSR count). The van der Waals surface area contributed by atoms with E-state index in [-0.39, 0.29) is 11.8 Å². The highest BCUT2D eigenvalue weighted by Gasteiger charge is 2.30. The summed E-state index contributed by atoms with van der Waals surface area (Å²) in [6, 6.07) is 0.348. The highest BCUT2D eigenvalue weighted by molar-refractivity contribution is 5.93. The van der Waals surface area contributed by atoms with Gasteiger partial charge >= 0.3 is 6.01 Å². The molecule has 0 saturated heterocycles. The number of aryl methyl sites for hydroxylation is 1. The monoisotopic (exact) mass is 237 g/mol. The van der Waals surface area contributed by atoms with Gasteiger partial charge in [-0.25, -0.2) is 0 Å². The molecule has 0 aromatic carbocycles. The molecule has 1 aliphatic carbocycles. The number of carbonyl (C=O) groups excluding carboxylic acids is 1. The number of hydrogen-bond donors (Lipinski definition) is 0. The van der Waals surface area contributed by atoms with Crippen LogP contribution >= 0.6 is 0 Å². The standard InChI is InChI=1S/C12H19N3O2/c1-3-8-15(12-14-13-9(2)17-12)11(16)10-6-4-5-7-10/h10H,3-8H2,1-2H3. The third-order valence-electron chi connectivity index (χ3n) is 3.16. The third kappa shape index (κ3) is 2.65. The molecule has 0 unspecified atom stereocenters. The van der Waals surface area contributed by atoms with Gasteiger partial charge in [-0.2, -0.15) is 0 Å². The van der Waals surface area contributed by atoms with Crippen LogP contribution in [0.25, 0.3) is 0 Å². The molecule has 0 aliphatic heterocycles. The van der Waals surface area contributed by atoms with Crippen LogP contribution in [0.4, 0.5) is 6.01 Å². The van der Waals surface area contributed by atoms with Crippen molar-refractivity contribution in [2.24, 2.45) is 5.92 Å². The average Bonchev–Trinajstić information content (AvgIpc) is 2.95. The van der Waals surface area contributed by atoms with Gasteiger partial charge in [0.15, 0.2) is 0 Å². The van der Waals surface area contributed by atoms with Crippen molar-refractivity contribution >= 4 is 11.9 Å². The van der Waals surface area contributed by atoms with E-state index in [0.29, 0.717) is 18.5 Å². The molecule has 94 valence electrons. The molecule has 0 atom stereocenters. The first-order chi connectivity index (χ1) is 8.22. The molecule has 1 amide bonds. The van der Waals surface area contributed by atoms with Crippen LogP contribution in [0.5, 0.6) is 0 Å². The van der Waals surface area contributed by atoms with Crippen molar-refractivity contribution in [1.82, 2.24) is 10.2 Å². The number of nitrogens with zero attached hydrogens (tertiary/aromatic N) is 3. The summed E-state index contributed by atoms with van der Waals surface area (Å²) in [7, 11) is 0. The van der Waals surface area contributed by atoms with Gasteiger partial charge in [-0.05, 0) is 19.3 Å². The quantitative estimate of drug-likeness (QED) is 0.806. The van der Waals surface area contributed by atoms with Gasteiger partial charge in [-0.15, -0.1) is 5.10 Å². The van der Waals surface area contributed by atoms with Crippen molar-refractivity contribution in [3.8, 4) is 0 Å². The largest absolute Gasteiger partial charge is 0.408 e. The highest BCUT2D eigenvalue weighted by atomic mass is 16.4. The Morgan fingerprint density at radius 1 is 1.41 bits per heavy atom. The maximum Gasteiger partial charge on any atom is 0.324 e. The lowest BCUT2D eigenvalue weighted by atomic mass is 10.1. The predicted molar refractivity (Wildman–Crippen MR) is 63.6 cm³/mol. The van der Waals surface area contributed by atoms with Crippen LogP contribution in [0.3, 0.4) is 0 Å². The van der Waals surface area contributed by atoms with Gasteiger partial charge in [0.05, 0.1) is 0 Å². The summed E-state index contributed by atoms with van der Waals surface area (Å²) >= 11 is 0. The predicted octanol–water partition coefficient (Wildman–Crippen LogP) is 2.31. The van der Waals surface area contributed by atoms with Crippen LogP contribution in [-0.2, 0) is 4.79 Å². The van der Waals surface area contributed by atoms with Crippen molar-refractivity contribution in [1.29, 1.82) is 0 Å². The van der Waals surface area contributed by atoms with E-state index in [4.69, 9.17) is 4.42 Å². The minimum absolute atomic E-state index is 0.146. The van der Waals surface area contributed by atoms with E-state index in [9.17, 15) is 4.79 Å². The molecule has 1 aromatic heterocycles. The molecule has 0 radical (unpaired) electrons. The summed E-state index contributed by atoms with van der Waals surface area (Å²) in [6.45, 7) is 4.43. The Morgan fingerprint density at radius 2 is 2.12 bits per heavy atom. The van der Waals surface area contributed by atoms with E-state index >= 15 is 0 Å². The summed E-state index contributed by atoms with van der Waals surface area (Å²) in [5.74, 6) is 0.794. The van der Waals surface area contributed by atoms with Gasteiger partial charge in [0, 0.05) is 19.4 Å². The molecular formula is C12H19N3O2. The molecule has 1 aromatic rings. The molecule has 1 saturated carbocycles. The van der Waals surface area contributed by atoms with Gasteiger partial charge in [0.2, 0.25) is 11.8 Å². The molecule has 0 bridgehead atoms. The average molecular weight is 237 g/mol. The second-order valence-corrected chi connectivity index (χ2v) is 4.57. The molecule has 17 heavy (non-hydrogen) atoms. The first kappa shape index (κ1) is 12.1. The Hall–Kier alpha value is -1.39. The molecule has 5 nitrogen and oxygen atoms in total. The van der Waals surface area contributed by atoms with Crippen molar-refractivity contribution in [3.63, 3.8) is 0 Å². The van der Waals surface area contributed by atoms with Gasteiger partial charge in [0.25, 0.3) is 0 Å². The summed E-state index contributed by atoms with van der Waals surface area (Å²) in [5, 5.41) is 7.73. The smallest absolute Gasteiger partial charge is 0.324 e. The van der Waals surface area contributed by atoms with E-state index in [0.717, 1.165) is 32.1 Å². The summed E-state index contributed by atoms with van der Waals surface area (Å²) in [5.41, 5.74) is 0. The lowest BCUT2D eigenvalue weighted by molar-refractivity contribution is -0.122. The topological polar surface area (TPSA) is 59.2 Å². The number of hydrogen-bond acceptors (Lipinski definition) is 4. The van der Waals surface area contributed by atoms with E-state index in [1.165, 1.54) is 0 Å². The lowest BCUT2D eigenvalue weighted by Gasteiger charge is -2.20. The summed E-state index contributed by atoms with van der Waals surface area (Å²) in [6.07, 6.45) is 5.18. The van der Waals surface area contributed by atoms with Crippen molar-refractivity contribution in [2.45, 2.75) is 46.0 Å². The van der Waals surface area contributed by atoms with Crippen molar-refractivity contribution < 1.29 is 9.21 Å². The fourth-order valence-electron chi connectivity index (χ4n) is 2.31. The minimum atomic E-state index is 0.146. The van der Waals surface area contributed by atoms with Gasteiger partial charge in [-0.3, -0.25) is 9.69 Å². The van der Waals surface area contributed by atoms with Gasteiger partial charge in [0.1, 0.15) is 0 Å². The molecule has 1 aliphatic rings. The maximum atomic E-state index is 12.3. The second kappa shape index (κ2) is 5.29. The van der Waals surface area contributed by atoms with Crippen molar-refractivity contribution in [2.75, 3.05) is 11.4 Å². The number of anilines is 1. The SMILES string of the molecule is CCCN(C(=O)C1CCCC1)c1nnc(C)o1. The molecule has 1 fully saturated rings. The minimum Gasteiger partial charge on any atom is -0.408 e. The Morgan fingerprint density at radius 3 is 2.65 bits per heavy atom. The van der Waals surface area contributed by atoms with Crippen LogP contribution < -0.4 is 4.90 Å². The Labute approximate surface area is 101 Å². The first-order valence-electron chi connectivity index (χ1n) is 6.34. The fourth-order valence-corrected chi connectivity index (χ4v) is 2.31. The second-order valence-electron chi connectivity index (χ2n) is 4.57. The Kier molecular flexibility index (Phi) is 3.76. The maximum absolute atomic E-state index is 12.3. The third-order valence-corrected chi connectivity index (χ3v) is 3.16. The van der Waals surface area contributed by atoms with Crippen LogP contribution in [0.2, 0.25) is 0 Å². The van der Waals surface area contributed by atoms with Crippen LogP contribution in [0.15, 0.2) is 4.42 Å². The molecular weight excluding hydrogens is 218 g/mol. The number of aromatic nitrogens is 2. The summed E-state index contributed by atoms with van der Waals surface area (Å²) < 4.78 is 5.36. The lowest BCUT2D eigenvalue weighted by Crippen LogP contribution is -2.36. The zero-order valence-electron chi connectivity index (χ0n) is 10.5. The normalized spacial score (nSPS) is 16.4. The summed E-state index contributed by atoms with van der Waals surface area (Å²) in [4.78, 5) is 14.0. The first-order valence-corrected chi connectivity index (χ1v) is 6.34. The van der Waals surface area contributed by atoms with E-state index < -0.39 is 0 Å². The Balaban J connectivity index is 2.13. The van der Waals surface area contributed by atoms with Crippen molar-refractivity contribution in [3.05, 3.63) is 5.89 Å². The molecule has 5 heteroatoms. The number of carbonyl (C=O) groups is 1. The van der Waals surface area contributed by atoms with E-state index in [1.54, 1.807) is 11.8 Å². The van der Waals surface area contributed by atoms with E-state index in [2.05, 4.69) is 10.2 Å². The Bertz CT molecular complexity index is 383. The van der Waals surface area contributed by atoms with E-state index in [1.807, 2.05) is 6.92 Å². The molecule has 0 spiro atoms. The zero-order valence-corrected chi connectivity index (χ0v) is 10.5. The fraction of sp³-hybridized carbons (Fsp3) is 0.750. The molecule has 1 heterocycles.